The van der Waals surface area contributed by atoms with Crippen molar-refractivity contribution >= 4 is 11.8 Å². The molecule has 2 aromatic carbocycles. The van der Waals surface area contributed by atoms with Gasteiger partial charge in [-0.1, -0.05) is 23.9 Å². The molecule has 0 unspecified atom stereocenters. The standard InChI is InChI=1S/C19H18N4O2S/c1-24-15-10-8-14(9-11-15)23-18(16-6-3-4-7-17(16)25-2)21-22-19(23)26-13-5-12-20/h3-4,6-11H,5,13H2,1-2H3. The summed E-state index contributed by atoms with van der Waals surface area (Å²) in [4.78, 5) is 0. The Morgan fingerprint density at radius 1 is 1.04 bits per heavy atom. The number of hydrogen-bond acceptors (Lipinski definition) is 6. The first-order chi connectivity index (χ1) is 12.8. The fourth-order valence-corrected chi connectivity index (χ4v) is 3.31. The van der Waals surface area contributed by atoms with Crippen molar-refractivity contribution in [1.82, 2.24) is 14.8 Å². The lowest BCUT2D eigenvalue weighted by Crippen LogP contribution is -2.01. The second-order valence-electron chi connectivity index (χ2n) is 5.30. The normalized spacial score (nSPS) is 10.3. The minimum absolute atomic E-state index is 0.449. The lowest BCUT2D eigenvalue weighted by Gasteiger charge is -2.12. The highest BCUT2D eigenvalue weighted by Crippen LogP contribution is 2.33. The van der Waals surface area contributed by atoms with Gasteiger partial charge in [0.1, 0.15) is 11.5 Å². The number of nitrogens with zero attached hydrogens (tertiary/aromatic N) is 4. The van der Waals surface area contributed by atoms with E-state index in [2.05, 4.69) is 16.3 Å². The fraction of sp³-hybridized carbons (Fsp3) is 0.211. The molecule has 0 saturated carbocycles. The van der Waals surface area contributed by atoms with Crippen molar-refractivity contribution in [2.45, 2.75) is 11.6 Å². The van der Waals surface area contributed by atoms with E-state index in [1.54, 1.807) is 14.2 Å². The van der Waals surface area contributed by atoms with Crippen LogP contribution in [0.5, 0.6) is 11.5 Å². The summed E-state index contributed by atoms with van der Waals surface area (Å²) < 4.78 is 12.7. The molecule has 1 heterocycles. The molecule has 0 aliphatic heterocycles. The van der Waals surface area contributed by atoms with Crippen LogP contribution in [0.2, 0.25) is 0 Å². The molecule has 26 heavy (non-hydrogen) atoms. The third-order valence-corrected chi connectivity index (χ3v) is 4.69. The van der Waals surface area contributed by atoms with E-state index < -0.39 is 0 Å². The SMILES string of the molecule is COc1ccc(-n2c(SCCC#N)nnc2-c2ccccc2OC)cc1. The maximum atomic E-state index is 8.80. The van der Waals surface area contributed by atoms with Gasteiger partial charge in [-0.2, -0.15) is 5.26 Å². The van der Waals surface area contributed by atoms with Gasteiger partial charge in [-0.15, -0.1) is 10.2 Å². The Bertz CT molecular complexity index is 916. The van der Waals surface area contributed by atoms with Crippen molar-refractivity contribution < 1.29 is 9.47 Å². The maximum absolute atomic E-state index is 8.80. The molecule has 0 aliphatic rings. The molecular formula is C19H18N4O2S. The topological polar surface area (TPSA) is 73.0 Å². The summed E-state index contributed by atoms with van der Waals surface area (Å²) in [5, 5.41) is 18.3. The number of para-hydroxylation sites is 1. The van der Waals surface area contributed by atoms with Crippen molar-refractivity contribution in [3.05, 3.63) is 48.5 Å². The zero-order valence-electron chi connectivity index (χ0n) is 14.5. The van der Waals surface area contributed by atoms with Gasteiger partial charge in [0.25, 0.3) is 0 Å². The van der Waals surface area contributed by atoms with Gasteiger partial charge in [-0.05, 0) is 36.4 Å². The van der Waals surface area contributed by atoms with E-state index in [1.165, 1.54) is 11.8 Å². The van der Waals surface area contributed by atoms with E-state index in [1.807, 2.05) is 53.1 Å². The second kappa shape index (κ2) is 8.41. The zero-order valence-corrected chi connectivity index (χ0v) is 15.4. The molecule has 0 amide bonds. The molecule has 132 valence electrons. The summed E-state index contributed by atoms with van der Waals surface area (Å²) >= 11 is 1.50. The molecule has 0 saturated heterocycles. The molecule has 0 bridgehead atoms. The summed E-state index contributed by atoms with van der Waals surface area (Å²) in [6, 6.07) is 17.5. The molecule has 1 aromatic heterocycles. The third kappa shape index (κ3) is 3.65. The molecule has 3 aromatic rings. The van der Waals surface area contributed by atoms with Gasteiger partial charge in [0.15, 0.2) is 11.0 Å². The number of nitriles is 1. The zero-order chi connectivity index (χ0) is 18.4. The Labute approximate surface area is 156 Å². The molecule has 6 nitrogen and oxygen atoms in total. The van der Waals surface area contributed by atoms with Gasteiger partial charge in [-0.25, -0.2) is 0 Å². The van der Waals surface area contributed by atoms with Gasteiger partial charge in [-0.3, -0.25) is 4.57 Å². The molecule has 0 spiro atoms. The molecule has 0 atom stereocenters. The highest BCUT2D eigenvalue weighted by atomic mass is 32.2. The smallest absolute Gasteiger partial charge is 0.196 e. The lowest BCUT2D eigenvalue weighted by molar-refractivity contribution is 0.414. The molecular weight excluding hydrogens is 348 g/mol. The Hall–Kier alpha value is -2.98. The summed E-state index contributed by atoms with van der Waals surface area (Å²) in [5.74, 6) is 2.84. The number of methoxy groups -OCH3 is 2. The van der Waals surface area contributed by atoms with E-state index in [-0.39, 0.29) is 0 Å². The van der Waals surface area contributed by atoms with Crippen LogP contribution < -0.4 is 9.47 Å². The van der Waals surface area contributed by atoms with Crippen LogP contribution in [0.4, 0.5) is 0 Å². The molecule has 0 fully saturated rings. The van der Waals surface area contributed by atoms with Crippen LogP contribution in [0.15, 0.2) is 53.7 Å². The van der Waals surface area contributed by atoms with E-state index in [0.29, 0.717) is 18.0 Å². The summed E-state index contributed by atoms with van der Waals surface area (Å²) in [6.45, 7) is 0. The van der Waals surface area contributed by atoms with Crippen molar-refractivity contribution in [2.24, 2.45) is 0 Å². The van der Waals surface area contributed by atoms with Crippen LogP contribution in [0.3, 0.4) is 0 Å². The van der Waals surface area contributed by atoms with Gasteiger partial charge >= 0.3 is 0 Å². The highest BCUT2D eigenvalue weighted by Gasteiger charge is 2.18. The first-order valence-corrected chi connectivity index (χ1v) is 9.00. The van der Waals surface area contributed by atoms with E-state index in [9.17, 15) is 0 Å². The number of thioether (sulfide) groups is 1. The van der Waals surface area contributed by atoms with Crippen LogP contribution in [0.25, 0.3) is 17.1 Å². The average molecular weight is 366 g/mol. The van der Waals surface area contributed by atoms with E-state index in [4.69, 9.17) is 14.7 Å². The van der Waals surface area contributed by atoms with Crippen LogP contribution in [-0.4, -0.2) is 34.7 Å². The predicted molar refractivity (Wildman–Crippen MR) is 101 cm³/mol. The molecule has 0 N–H and O–H groups in total. The van der Waals surface area contributed by atoms with Gasteiger partial charge in [0.2, 0.25) is 0 Å². The Balaban J connectivity index is 2.11. The maximum Gasteiger partial charge on any atom is 0.196 e. The van der Waals surface area contributed by atoms with Crippen molar-refractivity contribution in [2.75, 3.05) is 20.0 Å². The van der Waals surface area contributed by atoms with Crippen LogP contribution in [0, 0.1) is 11.3 Å². The molecule has 7 heteroatoms. The second-order valence-corrected chi connectivity index (χ2v) is 6.36. The van der Waals surface area contributed by atoms with Gasteiger partial charge in [0, 0.05) is 12.2 Å². The van der Waals surface area contributed by atoms with Gasteiger partial charge < -0.3 is 9.47 Å². The summed E-state index contributed by atoms with van der Waals surface area (Å²) in [6.07, 6.45) is 0.449. The van der Waals surface area contributed by atoms with Crippen LogP contribution in [0.1, 0.15) is 6.42 Å². The first kappa shape index (κ1) is 17.8. The van der Waals surface area contributed by atoms with Crippen LogP contribution in [-0.2, 0) is 0 Å². The van der Waals surface area contributed by atoms with Crippen LogP contribution >= 0.6 is 11.8 Å². The number of aromatic nitrogens is 3. The Kier molecular flexibility index (Phi) is 5.77. The number of benzene rings is 2. The first-order valence-electron chi connectivity index (χ1n) is 8.01. The minimum Gasteiger partial charge on any atom is -0.497 e. The van der Waals surface area contributed by atoms with Crippen molar-refractivity contribution in [1.29, 1.82) is 5.26 Å². The number of hydrogen-bond donors (Lipinski definition) is 0. The molecule has 0 radical (unpaired) electrons. The molecule has 0 aliphatic carbocycles. The van der Waals surface area contributed by atoms with Gasteiger partial charge in [0.05, 0.1) is 31.5 Å². The largest absolute Gasteiger partial charge is 0.497 e. The van der Waals surface area contributed by atoms with E-state index in [0.717, 1.165) is 27.9 Å². The average Bonchev–Trinajstić information content (AvgIpc) is 3.12. The fourth-order valence-electron chi connectivity index (χ4n) is 2.52. The summed E-state index contributed by atoms with van der Waals surface area (Å²) in [5.41, 5.74) is 1.77. The van der Waals surface area contributed by atoms with Crippen molar-refractivity contribution in [3.8, 4) is 34.6 Å². The Morgan fingerprint density at radius 3 is 2.50 bits per heavy atom. The highest BCUT2D eigenvalue weighted by molar-refractivity contribution is 7.99. The monoisotopic (exact) mass is 366 g/mol. The predicted octanol–water partition coefficient (Wildman–Crippen LogP) is 3.96. The molecule has 3 rings (SSSR count). The lowest BCUT2D eigenvalue weighted by atomic mass is 10.2. The van der Waals surface area contributed by atoms with Crippen molar-refractivity contribution in [3.63, 3.8) is 0 Å². The Morgan fingerprint density at radius 2 is 1.81 bits per heavy atom. The quantitative estimate of drug-likeness (QED) is 0.465. The van der Waals surface area contributed by atoms with E-state index >= 15 is 0 Å². The number of rotatable bonds is 7. The third-order valence-electron chi connectivity index (χ3n) is 3.76. The summed E-state index contributed by atoms with van der Waals surface area (Å²) in [7, 11) is 3.27. The minimum atomic E-state index is 0.449. The number of ether oxygens (including phenoxy) is 2.